The lowest BCUT2D eigenvalue weighted by atomic mass is 9.75. The predicted molar refractivity (Wildman–Crippen MR) is 110 cm³/mol. The van der Waals surface area contributed by atoms with E-state index in [0.29, 0.717) is 5.56 Å². The van der Waals surface area contributed by atoms with E-state index in [1.54, 1.807) is 30.3 Å². The summed E-state index contributed by atoms with van der Waals surface area (Å²) in [5.41, 5.74) is -1.57. The number of benzene rings is 2. The van der Waals surface area contributed by atoms with E-state index in [-0.39, 0.29) is 46.9 Å². The van der Waals surface area contributed by atoms with Gasteiger partial charge >= 0.3 is 6.18 Å². The molecule has 164 valence electrons. The van der Waals surface area contributed by atoms with Crippen LogP contribution in [0.25, 0.3) is 16.7 Å². The molecule has 0 unspecified atom stereocenters. The molecule has 2 aromatic rings. The predicted octanol–water partition coefficient (Wildman–Crippen LogP) is 6.69. The second-order valence-corrected chi connectivity index (χ2v) is 8.64. The van der Waals surface area contributed by atoms with E-state index in [4.69, 9.17) is 23.2 Å². The van der Waals surface area contributed by atoms with Gasteiger partial charge in [-0.2, -0.15) is 13.2 Å². The zero-order chi connectivity index (χ0) is 22.6. The van der Waals surface area contributed by atoms with Gasteiger partial charge in [-0.15, -0.1) is 0 Å². The summed E-state index contributed by atoms with van der Waals surface area (Å²) in [4.78, 5) is 12.8. The van der Waals surface area contributed by atoms with Crippen molar-refractivity contribution in [2.45, 2.75) is 37.4 Å². The minimum atomic E-state index is -4.35. The number of nitrogens with one attached hydrogen (secondary N) is 1. The van der Waals surface area contributed by atoms with Crippen molar-refractivity contribution in [1.82, 2.24) is 5.32 Å². The smallest absolute Gasteiger partial charge is 0.391 e. The van der Waals surface area contributed by atoms with Crippen molar-refractivity contribution in [2.24, 2.45) is 5.92 Å². The van der Waals surface area contributed by atoms with Crippen molar-refractivity contribution in [3.8, 4) is 11.1 Å². The summed E-state index contributed by atoms with van der Waals surface area (Å²) in [6.07, 6.45) is -5.11. The molecule has 4 rings (SSSR count). The van der Waals surface area contributed by atoms with Gasteiger partial charge < -0.3 is 10.4 Å². The maximum absolute atomic E-state index is 15.6. The third-order valence-corrected chi connectivity index (χ3v) is 6.85. The van der Waals surface area contributed by atoms with E-state index < -0.39 is 40.7 Å². The number of aliphatic hydroxyl groups is 1. The lowest BCUT2D eigenvalue weighted by Gasteiger charge is -2.37. The van der Waals surface area contributed by atoms with Gasteiger partial charge in [0.05, 0.1) is 27.1 Å². The summed E-state index contributed by atoms with van der Waals surface area (Å²) in [6.45, 7) is 0. The van der Waals surface area contributed by atoms with Gasteiger partial charge in [0.2, 0.25) is 0 Å². The highest BCUT2D eigenvalue weighted by molar-refractivity contribution is 6.44. The van der Waals surface area contributed by atoms with Gasteiger partial charge in [0.1, 0.15) is 11.6 Å². The monoisotopic (exact) mass is 473 g/mol. The van der Waals surface area contributed by atoms with Gasteiger partial charge in [-0.1, -0.05) is 53.5 Å². The molecule has 2 aromatic carbocycles. The van der Waals surface area contributed by atoms with E-state index in [9.17, 15) is 23.1 Å². The summed E-state index contributed by atoms with van der Waals surface area (Å²) in [5.74, 6) is -3.66. The molecule has 1 amide bonds. The van der Waals surface area contributed by atoms with Crippen molar-refractivity contribution in [2.75, 3.05) is 0 Å². The first-order valence-electron chi connectivity index (χ1n) is 9.61. The fourth-order valence-electron chi connectivity index (χ4n) is 4.37. The molecule has 0 aromatic heterocycles. The molecule has 0 radical (unpaired) electrons. The number of hydrogen-bond donors (Lipinski definition) is 2. The fourth-order valence-corrected chi connectivity index (χ4v) is 4.80. The topological polar surface area (TPSA) is 49.3 Å². The maximum atomic E-state index is 15.6. The average Bonchev–Trinajstić information content (AvgIpc) is 2.95. The molecule has 1 aliphatic carbocycles. The molecule has 2 aliphatic rings. The molecule has 3 nitrogen and oxygen atoms in total. The Bertz CT molecular complexity index is 1080. The highest BCUT2D eigenvalue weighted by atomic mass is 35.5. The van der Waals surface area contributed by atoms with Crippen LogP contribution in [-0.2, 0) is 4.79 Å². The number of carbonyl (C=O) groups excluding carboxylic acids is 1. The summed E-state index contributed by atoms with van der Waals surface area (Å²) < 4.78 is 54.7. The van der Waals surface area contributed by atoms with Crippen LogP contribution in [0.2, 0.25) is 10.0 Å². The largest absolute Gasteiger partial charge is 0.509 e. The number of amides is 1. The van der Waals surface area contributed by atoms with Crippen LogP contribution < -0.4 is 5.32 Å². The van der Waals surface area contributed by atoms with Crippen molar-refractivity contribution < 1.29 is 27.5 Å². The SMILES string of the molecule is O=C1NC2(CCC(C(F)(F)F)CC2)C(O)=C1c1c(F)c(-c2ccccc2)cc(Cl)c1Cl. The van der Waals surface area contributed by atoms with Crippen molar-refractivity contribution >= 4 is 34.7 Å². The van der Waals surface area contributed by atoms with E-state index in [1.807, 2.05) is 0 Å². The Morgan fingerprint density at radius 2 is 1.71 bits per heavy atom. The minimum absolute atomic E-state index is 0.0215. The van der Waals surface area contributed by atoms with Gasteiger partial charge in [-0.3, -0.25) is 4.79 Å². The van der Waals surface area contributed by atoms with Crippen LogP contribution in [0, 0.1) is 11.7 Å². The molecule has 0 atom stereocenters. The molecule has 0 saturated heterocycles. The van der Waals surface area contributed by atoms with E-state index in [1.165, 1.54) is 6.07 Å². The molecular formula is C22H17Cl2F4NO2. The van der Waals surface area contributed by atoms with Crippen LogP contribution in [0.3, 0.4) is 0 Å². The Kier molecular flexibility index (Phi) is 5.46. The van der Waals surface area contributed by atoms with Crippen molar-refractivity contribution in [3.05, 3.63) is 63.6 Å². The van der Waals surface area contributed by atoms with Crippen LogP contribution in [-0.4, -0.2) is 22.7 Å². The Balaban J connectivity index is 1.81. The van der Waals surface area contributed by atoms with Crippen LogP contribution in [0.5, 0.6) is 0 Å². The highest BCUT2D eigenvalue weighted by Gasteiger charge is 2.52. The number of rotatable bonds is 2. The summed E-state index contributed by atoms with van der Waals surface area (Å²) >= 11 is 12.4. The molecular weight excluding hydrogens is 457 g/mol. The quantitative estimate of drug-likeness (QED) is 0.377. The van der Waals surface area contributed by atoms with Gasteiger partial charge in [0, 0.05) is 11.1 Å². The van der Waals surface area contributed by atoms with Crippen LogP contribution >= 0.6 is 23.2 Å². The number of alkyl halides is 3. The third kappa shape index (κ3) is 3.68. The number of hydrogen-bond acceptors (Lipinski definition) is 2. The van der Waals surface area contributed by atoms with E-state index >= 15 is 4.39 Å². The first-order valence-corrected chi connectivity index (χ1v) is 10.4. The normalized spacial score (nSPS) is 24.1. The molecule has 1 heterocycles. The summed E-state index contributed by atoms with van der Waals surface area (Å²) in [5, 5.41) is 13.2. The lowest BCUT2D eigenvalue weighted by Crippen LogP contribution is -2.48. The van der Waals surface area contributed by atoms with E-state index in [0.717, 1.165) is 0 Å². The minimum Gasteiger partial charge on any atom is -0.509 e. The standard InChI is InChI=1S/C22H17Cl2F4NO2/c23-14-10-13(11-4-2-1-3-5-11)18(25)15(17(14)24)16-19(30)21(29-20(16)31)8-6-12(7-9-21)22(26,27)28/h1-5,10,12,30H,6-9H2,(H,29,31). The van der Waals surface area contributed by atoms with Crippen molar-refractivity contribution in [3.63, 3.8) is 0 Å². The molecule has 31 heavy (non-hydrogen) atoms. The van der Waals surface area contributed by atoms with Crippen LogP contribution in [0.1, 0.15) is 31.2 Å². The van der Waals surface area contributed by atoms with Crippen LogP contribution in [0.4, 0.5) is 17.6 Å². The van der Waals surface area contributed by atoms with E-state index in [2.05, 4.69) is 5.32 Å². The maximum Gasteiger partial charge on any atom is 0.391 e. The molecule has 0 bridgehead atoms. The van der Waals surface area contributed by atoms with Gasteiger partial charge in [0.15, 0.2) is 0 Å². The second kappa shape index (κ2) is 7.71. The first-order chi connectivity index (χ1) is 14.5. The van der Waals surface area contributed by atoms with Gasteiger partial charge in [0.25, 0.3) is 5.91 Å². The zero-order valence-corrected chi connectivity index (χ0v) is 17.5. The molecule has 1 saturated carbocycles. The molecule has 2 N–H and O–H groups in total. The molecule has 1 fully saturated rings. The number of aliphatic hydroxyl groups excluding tert-OH is 1. The molecule has 9 heteroatoms. The average molecular weight is 474 g/mol. The highest BCUT2D eigenvalue weighted by Crippen LogP contribution is 2.49. The Morgan fingerprint density at radius 1 is 1.10 bits per heavy atom. The zero-order valence-electron chi connectivity index (χ0n) is 16.0. The summed E-state index contributed by atoms with van der Waals surface area (Å²) in [7, 11) is 0. The Hall–Kier alpha value is -2.25. The summed E-state index contributed by atoms with van der Waals surface area (Å²) in [6, 6.07) is 9.77. The Labute approximate surface area is 185 Å². The fraction of sp³-hybridized carbons (Fsp3) is 0.318. The molecule has 1 aliphatic heterocycles. The lowest BCUT2D eigenvalue weighted by molar-refractivity contribution is -0.184. The Morgan fingerprint density at radius 3 is 2.29 bits per heavy atom. The van der Waals surface area contributed by atoms with Crippen LogP contribution in [0.15, 0.2) is 42.2 Å². The molecule has 1 spiro atoms. The van der Waals surface area contributed by atoms with Gasteiger partial charge in [-0.05, 0) is 37.3 Å². The third-order valence-electron chi connectivity index (χ3n) is 6.06. The first kappa shape index (κ1) is 22.0. The number of halogens is 6. The van der Waals surface area contributed by atoms with Gasteiger partial charge in [-0.25, -0.2) is 4.39 Å². The number of carbonyl (C=O) groups is 1. The second-order valence-electron chi connectivity index (χ2n) is 7.85. The van der Waals surface area contributed by atoms with Crippen molar-refractivity contribution in [1.29, 1.82) is 0 Å².